The molecule has 1 aliphatic heterocycles. The van der Waals surface area contributed by atoms with Crippen LogP contribution in [-0.4, -0.2) is 59.6 Å². The molecule has 0 aliphatic carbocycles. The van der Waals surface area contributed by atoms with E-state index in [0.29, 0.717) is 12.8 Å². The van der Waals surface area contributed by atoms with Crippen molar-refractivity contribution in [1.29, 1.82) is 0 Å². The quantitative estimate of drug-likeness (QED) is 0.650. The van der Waals surface area contributed by atoms with Crippen LogP contribution in [0.5, 0.6) is 17.2 Å². The van der Waals surface area contributed by atoms with Gasteiger partial charge in [0, 0.05) is 11.6 Å². The molecule has 0 aromatic heterocycles. The minimum Gasteiger partial charge on any atom is -0.507 e. The molecule has 1 aromatic rings. The Hall–Kier alpha value is -2.58. The number of aromatic hydroxyl groups is 1. The van der Waals surface area contributed by atoms with Gasteiger partial charge in [-0.25, -0.2) is 4.79 Å². The number of fused-ring (bicyclic) bond motifs is 1. The van der Waals surface area contributed by atoms with Crippen LogP contribution in [0.25, 0.3) is 6.08 Å². The summed E-state index contributed by atoms with van der Waals surface area (Å²) < 4.78 is 15.9. The van der Waals surface area contributed by atoms with Gasteiger partial charge in [0.2, 0.25) is 0 Å². The topological polar surface area (TPSA) is 123 Å². The number of hydrogen-bond donors (Lipinski definition) is 3. The molecule has 2 rings (SSSR count). The number of ketones is 1. The number of Topliss-reactive ketones (excluding diaryl/α,β-unsaturated/α-hetero) is 1. The molecule has 0 spiro atoms. The number of aliphatic hydroxyl groups excluding tert-OH is 2. The van der Waals surface area contributed by atoms with Crippen molar-refractivity contribution in [3.63, 3.8) is 0 Å². The first-order chi connectivity index (χ1) is 13.3. The summed E-state index contributed by atoms with van der Waals surface area (Å²) in [6, 6.07) is 1.26. The first kappa shape index (κ1) is 21.7. The van der Waals surface area contributed by atoms with Gasteiger partial charge in [-0.15, -0.1) is 0 Å². The molecule has 8 nitrogen and oxygen atoms in total. The molecule has 0 radical (unpaired) electrons. The van der Waals surface area contributed by atoms with Crippen molar-refractivity contribution in [3.8, 4) is 17.2 Å². The van der Waals surface area contributed by atoms with Gasteiger partial charge in [-0.3, -0.25) is 4.79 Å². The van der Waals surface area contributed by atoms with Gasteiger partial charge in [0.15, 0.2) is 17.3 Å². The van der Waals surface area contributed by atoms with Crippen molar-refractivity contribution >= 4 is 17.8 Å². The van der Waals surface area contributed by atoms with E-state index in [1.54, 1.807) is 6.92 Å². The van der Waals surface area contributed by atoms with Crippen LogP contribution < -0.4 is 9.47 Å². The molecule has 1 aliphatic rings. The van der Waals surface area contributed by atoms with Crippen molar-refractivity contribution in [2.75, 3.05) is 14.2 Å². The SMILES string of the molecule is COc1cc(O)c2c(c1OC)/C=C/C[C@H](O)C(=O)[C@@H](O)CCC[C@H](C)OC2=O. The second kappa shape index (κ2) is 9.57. The fourth-order valence-corrected chi connectivity index (χ4v) is 3.08. The third kappa shape index (κ3) is 4.82. The second-order valence-corrected chi connectivity index (χ2v) is 6.64. The predicted octanol–water partition coefficient (Wildman–Crippen LogP) is 1.83. The van der Waals surface area contributed by atoms with Gasteiger partial charge in [0.1, 0.15) is 23.5 Å². The van der Waals surface area contributed by atoms with Crippen LogP contribution >= 0.6 is 0 Å². The fraction of sp³-hybridized carbons (Fsp3) is 0.500. The summed E-state index contributed by atoms with van der Waals surface area (Å²) in [7, 11) is 2.78. The molecule has 0 bridgehead atoms. The molecule has 0 saturated carbocycles. The van der Waals surface area contributed by atoms with E-state index in [0.717, 1.165) is 0 Å². The molecule has 3 N–H and O–H groups in total. The van der Waals surface area contributed by atoms with E-state index in [9.17, 15) is 24.9 Å². The molecule has 1 heterocycles. The number of benzene rings is 1. The van der Waals surface area contributed by atoms with Crippen molar-refractivity contribution in [1.82, 2.24) is 0 Å². The highest BCUT2D eigenvalue weighted by Gasteiger charge is 2.27. The highest BCUT2D eigenvalue weighted by molar-refractivity contribution is 5.98. The van der Waals surface area contributed by atoms with Crippen molar-refractivity contribution in [2.24, 2.45) is 0 Å². The zero-order valence-corrected chi connectivity index (χ0v) is 16.2. The molecule has 0 unspecified atom stereocenters. The van der Waals surface area contributed by atoms with Gasteiger partial charge in [-0.1, -0.05) is 12.2 Å². The Morgan fingerprint density at radius 2 is 1.82 bits per heavy atom. The van der Waals surface area contributed by atoms with E-state index in [1.165, 1.54) is 32.4 Å². The number of cyclic esters (lactones) is 1. The van der Waals surface area contributed by atoms with Crippen molar-refractivity contribution in [2.45, 2.75) is 50.9 Å². The summed E-state index contributed by atoms with van der Waals surface area (Å²) >= 11 is 0. The number of carbonyl (C=O) groups excluding carboxylic acids is 2. The number of aliphatic hydroxyl groups is 2. The van der Waals surface area contributed by atoms with Crippen LogP contribution in [0.1, 0.15) is 48.5 Å². The van der Waals surface area contributed by atoms with E-state index in [-0.39, 0.29) is 41.2 Å². The standard InChI is InChI=1S/C20H26O8/c1-11-6-4-8-13(21)18(24)14(22)9-5-7-12-17(20(25)28-11)15(23)10-16(26-2)19(12)27-3/h5,7,10-11,13-14,21-23H,4,6,8-9H2,1-3H3/b7-5+/t11-,13-,14-/m0/s1. The van der Waals surface area contributed by atoms with Crippen molar-refractivity contribution < 1.29 is 39.1 Å². The smallest absolute Gasteiger partial charge is 0.342 e. The van der Waals surface area contributed by atoms with Gasteiger partial charge >= 0.3 is 5.97 Å². The molecule has 28 heavy (non-hydrogen) atoms. The Balaban J connectivity index is 2.55. The van der Waals surface area contributed by atoms with Gasteiger partial charge in [0.05, 0.1) is 20.3 Å². The van der Waals surface area contributed by atoms with E-state index in [4.69, 9.17) is 14.2 Å². The average Bonchev–Trinajstić information content (AvgIpc) is 2.65. The molecule has 3 atom stereocenters. The molecule has 154 valence electrons. The zero-order valence-electron chi connectivity index (χ0n) is 16.2. The number of esters is 1. The second-order valence-electron chi connectivity index (χ2n) is 6.64. The van der Waals surface area contributed by atoms with E-state index < -0.39 is 30.1 Å². The number of phenolic OH excluding ortho intramolecular Hbond substituents is 1. The molecular formula is C20H26O8. The first-order valence-electron chi connectivity index (χ1n) is 9.05. The third-order valence-electron chi connectivity index (χ3n) is 4.59. The maximum atomic E-state index is 12.7. The van der Waals surface area contributed by atoms with Crippen LogP contribution in [-0.2, 0) is 9.53 Å². The monoisotopic (exact) mass is 394 g/mol. The minimum atomic E-state index is -1.38. The lowest BCUT2D eigenvalue weighted by Gasteiger charge is -2.19. The molecular weight excluding hydrogens is 368 g/mol. The lowest BCUT2D eigenvalue weighted by atomic mass is 9.99. The maximum Gasteiger partial charge on any atom is 0.342 e. The Bertz CT molecular complexity index is 755. The fourth-order valence-electron chi connectivity index (χ4n) is 3.08. The predicted molar refractivity (Wildman–Crippen MR) is 101 cm³/mol. The average molecular weight is 394 g/mol. The Morgan fingerprint density at radius 3 is 2.46 bits per heavy atom. The van der Waals surface area contributed by atoms with E-state index >= 15 is 0 Å². The summed E-state index contributed by atoms with van der Waals surface area (Å²) in [6.45, 7) is 1.68. The largest absolute Gasteiger partial charge is 0.507 e. The third-order valence-corrected chi connectivity index (χ3v) is 4.59. The zero-order chi connectivity index (χ0) is 20.8. The summed E-state index contributed by atoms with van der Waals surface area (Å²) in [5, 5.41) is 30.3. The van der Waals surface area contributed by atoms with Crippen molar-refractivity contribution in [3.05, 3.63) is 23.3 Å². The Labute approximate surface area is 163 Å². The number of hydrogen-bond acceptors (Lipinski definition) is 8. The van der Waals surface area contributed by atoms with Gasteiger partial charge in [-0.2, -0.15) is 0 Å². The molecule has 0 saturated heterocycles. The number of methoxy groups -OCH3 is 2. The normalized spacial score (nSPS) is 25.2. The lowest BCUT2D eigenvalue weighted by molar-refractivity contribution is -0.135. The number of ether oxygens (including phenoxy) is 3. The Morgan fingerprint density at radius 1 is 1.11 bits per heavy atom. The number of carbonyl (C=O) groups is 2. The van der Waals surface area contributed by atoms with Crippen LogP contribution in [0.4, 0.5) is 0 Å². The van der Waals surface area contributed by atoms with Gasteiger partial charge in [-0.05, 0) is 32.6 Å². The lowest BCUT2D eigenvalue weighted by Crippen LogP contribution is -2.32. The van der Waals surface area contributed by atoms with Gasteiger partial charge in [0.25, 0.3) is 0 Å². The molecule has 1 aromatic carbocycles. The molecule has 8 heteroatoms. The number of rotatable bonds is 2. The number of phenols is 1. The summed E-state index contributed by atoms with van der Waals surface area (Å²) in [4.78, 5) is 24.8. The summed E-state index contributed by atoms with van der Waals surface area (Å²) in [6.07, 6.45) is 0.644. The highest BCUT2D eigenvalue weighted by atomic mass is 16.5. The van der Waals surface area contributed by atoms with Crippen LogP contribution in [0.3, 0.4) is 0 Å². The molecule has 0 amide bonds. The maximum absolute atomic E-state index is 12.7. The van der Waals surface area contributed by atoms with Crippen LogP contribution in [0.15, 0.2) is 12.1 Å². The first-order valence-corrected chi connectivity index (χ1v) is 9.05. The Kier molecular flexibility index (Phi) is 7.42. The van der Waals surface area contributed by atoms with Crippen LogP contribution in [0.2, 0.25) is 0 Å². The van der Waals surface area contributed by atoms with Crippen LogP contribution in [0, 0.1) is 0 Å². The summed E-state index contributed by atoms with van der Waals surface area (Å²) in [5.41, 5.74) is 0.104. The minimum absolute atomic E-state index is 0.0814. The van der Waals surface area contributed by atoms with E-state index in [1.807, 2.05) is 0 Å². The van der Waals surface area contributed by atoms with Gasteiger partial charge < -0.3 is 29.5 Å². The van der Waals surface area contributed by atoms with E-state index in [2.05, 4.69) is 0 Å². The summed E-state index contributed by atoms with van der Waals surface area (Å²) in [5.74, 6) is -1.33. The highest BCUT2D eigenvalue weighted by Crippen LogP contribution is 2.40. The molecule has 0 fully saturated rings.